The average Bonchev–Trinajstić information content (AvgIpc) is 3.18. The number of anilines is 1. The van der Waals surface area contributed by atoms with E-state index in [4.69, 9.17) is 0 Å². The first-order chi connectivity index (χ1) is 12.1. The maximum Gasteiger partial charge on any atom is 0.323 e. The molecule has 4 rings (SSSR count). The maximum absolute atomic E-state index is 12.6. The SMILES string of the molecule is Cn1nccc1N1CCCC(NC(=O)c2ccc3[nH]c(=O)[nH]c3c2)C1. The van der Waals surface area contributed by atoms with Crippen LogP contribution in [0.3, 0.4) is 0 Å². The molecule has 1 aliphatic rings. The Labute approximate surface area is 143 Å². The summed E-state index contributed by atoms with van der Waals surface area (Å²) in [4.78, 5) is 31.5. The highest BCUT2D eigenvalue weighted by Crippen LogP contribution is 2.19. The Kier molecular flexibility index (Phi) is 3.79. The normalized spacial score (nSPS) is 17.8. The van der Waals surface area contributed by atoms with Crippen molar-refractivity contribution in [1.29, 1.82) is 0 Å². The molecule has 130 valence electrons. The van der Waals surface area contributed by atoms with Crippen molar-refractivity contribution in [2.24, 2.45) is 7.05 Å². The number of nitrogens with one attached hydrogen (secondary N) is 3. The number of aromatic nitrogens is 4. The number of rotatable bonds is 3. The van der Waals surface area contributed by atoms with Gasteiger partial charge >= 0.3 is 5.69 Å². The molecule has 3 aromatic rings. The molecule has 0 spiro atoms. The summed E-state index contributed by atoms with van der Waals surface area (Å²) in [5.41, 5.74) is 1.60. The van der Waals surface area contributed by atoms with Crippen LogP contribution in [0, 0.1) is 0 Å². The molecule has 1 aromatic carbocycles. The molecule has 3 heterocycles. The van der Waals surface area contributed by atoms with Gasteiger partial charge in [0.15, 0.2) is 0 Å². The van der Waals surface area contributed by atoms with Crippen LogP contribution in [0.5, 0.6) is 0 Å². The van der Waals surface area contributed by atoms with E-state index in [9.17, 15) is 9.59 Å². The van der Waals surface area contributed by atoms with Gasteiger partial charge < -0.3 is 20.2 Å². The number of hydrogen-bond donors (Lipinski definition) is 3. The van der Waals surface area contributed by atoms with Crippen LogP contribution in [0.2, 0.25) is 0 Å². The van der Waals surface area contributed by atoms with E-state index in [1.54, 1.807) is 24.4 Å². The summed E-state index contributed by atoms with van der Waals surface area (Å²) in [5.74, 6) is 0.936. The number of piperidine rings is 1. The molecular weight excluding hydrogens is 320 g/mol. The number of aryl methyl sites for hydroxylation is 1. The zero-order chi connectivity index (χ0) is 17.4. The zero-order valence-electron chi connectivity index (χ0n) is 14.0. The van der Waals surface area contributed by atoms with Crippen LogP contribution in [0.1, 0.15) is 23.2 Å². The molecule has 25 heavy (non-hydrogen) atoms. The molecule has 0 saturated carbocycles. The van der Waals surface area contributed by atoms with E-state index in [-0.39, 0.29) is 17.6 Å². The summed E-state index contributed by atoms with van der Waals surface area (Å²) >= 11 is 0. The van der Waals surface area contributed by atoms with Gasteiger partial charge in [-0.1, -0.05) is 0 Å². The molecule has 1 fully saturated rings. The van der Waals surface area contributed by atoms with Crippen LogP contribution in [-0.2, 0) is 7.05 Å². The second kappa shape index (κ2) is 6.12. The van der Waals surface area contributed by atoms with Gasteiger partial charge in [0.25, 0.3) is 5.91 Å². The maximum atomic E-state index is 12.6. The predicted molar refractivity (Wildman–Crippen MR) is 94.8 cm³/mol. The van der Waals surface area contributed by atoms with Crippen molar-refractivity contribution >= 4 is 22.8 Å². The highest BCUT2D eigenvalue weighted by atomic mass is 16.2. The van der Waals surface area contributed by atoms with E-state index in [0.29, 0.717) is 16.6 Å². The third-order valence-electron chi connectivity index (χ3n) is 4.65. The zero-order valence-corrected chi connectivity index (χ0v) is 14.0. The Morgan fingerprint density at radius 1 is 1.28 bits per heavy atom. The van der Waals surface area contributed by atoms with Gasteiger partial charge in [0.05, 0.1) is 17.2 Å². The van der Waals surface area contributed by atoms with E-state index in [2.05, 4.69) is 25.3 Å². The minimum atomic E-state index is -0.272. The molecule has 0 aliphatic carbocycles. The summed E-state index contributed by atoms with van der Waals surface area (Å²) in [6.45, 7) is 1.72. The Bertz CT molecular complexity index is 969. The summed E-state index contributed by atoms with van der Waals surface area (Å²) in [5, 5.41) is 7.32. The third-order valence-corrected chi connectivity index (χ3v) is 4.65. The monoisotopic (exact) mass is 340 g/mol. The minimum Gasteiger partial charge on any atom is -0.355 e. The van der Waals surface area contributed by atoms with Crippen LogP contribution in [0.4, 0.5) is 5.82 Å². The van der Waals surface area contributed by atoms with Gasteiger partial charge in [-0.2, -0.15) is 5.10 Å². The van der Waals surface area contributed by atoms with Crippen LogP contribution in [0.15, 0.2) is 35.3 Å². The molecule has 2 aromatic heterocycles. The number of amides is 1. The van der Waals surface area contributed by atoms with Crippen LogP contribution < -0.4 is 15.9 Å². The van der Waals surface area contributed by atoms with E-state index in [1.807, 2.05) is 17.8 Å². The molecule has 1 saturated heterocycles. The van der Waals surface area contributed by atoms with Crippen molar-refractivity contribution in [2.75, 3.05) is 18.0 Å². The van der Waals surface area contributed by atoms with Gasteiger partial charge in [-0.15, -0.1) is 0 Å². The van der Waals surface area contributed by atoms with E-state index >= 15 is 0 Å². The fourth-order valence-electron chi connectivity index (χ4n) is 3.42. The number of carbonyl (C=O) groups is 1. The summed E-state index contributed by atoms with van der Waals surface area (Å²) in [7, 11) is 1.92. The number of H-pyrrole nitrogens is 2. The molecule has 3 N–H and O–H groups in total. The van der Waals surface area contributed by atoms with E-state index < -0.39 is 0 Å². The van der Waals surface area contributed by atoms with Gasteiger partial charge in [0, 0.05) is 37.8 Å². The number of fused-ring (bicyclic) bond motifs is 1. The number of benzene rings is 1. The van der Waals surface area contributed by atoms with Gasteiger partial charge in [-0.25, -0.2) is 4.79 Å². The van der Waals surface area contributed by atoms with Crippen molar-refractivity contribution in [3.05, 3.63) is 46.5 Å². The van der Waals surface area contributed by atoms with E-state index in [1.165, 1.54) is 0 Å². The quantitative estimate of drug-likeness (QED) is 0.662. The first-order valence-electron chi connectivity index (χ1n) is 8.36. The van der Waals surface area contributed by atoms with Crippen LogP contribution >= 0.6 is 0 Å². The molecular formula is C17H20N6O2. The number of carbonyl (C=O) groups excluding carboxylic acids is 1. The van der Waals surface area contributed by atoms with Gasteiger partial charge in [-0.05, 0) is 31.0 Å². The van der Waals surface area contributed by atoms with Crippen molar-refractivity contribution in [3.63, 3.8) is 0 Å². The van der Waals surface area contributed by atoms with Crippen LogP contribution in [0.25, 0.3) is 11.0 Å². The standard InChI is InChI=1S/C17H20N6O2/c1-22-15(6-7-18-22)23-8-2-3-12(10-23)19-16(24)11-4-5-13-14(9-11)21-17(25)20-13/h4-7,9,12H,2-3,8,10H2,1H3,(H,19,24)(H2,20,21,25). The molecule has 8 nitrogen and oxygen atoms in total. The molecule has 1 atom stereocenters. The first-order valence-corrected chi connectivity index (χ1v) is 8.36. The topological polar surface area (TPSA) is 98.8 Å². The van der Waals surface area contributed by atoms with Crippen molar-refractivity contribution < 1.29 is 4.79 Å². The van der Waals surface area contributed by atoms with Crippen molar-refractivity contribution in [1.82, 2.24) is 25.1 Å². The molecule has 1 aliphatic heterocycles. The number of hydrogen-bond acceptors (Lipinski definition) is 4. The smallest absolute Gasteiger partial charge is 0.323 e. The average molecular weight is 340 g/mol. The summed E-state index contributed by atoms with van der Waals surface area (Å²) in [6.07, 6.45) is 3.74. The number of imidazole rings is 1. The minimum absolute atomic E-state index is 0.0807. The molecule has 0 bridgehead atoms. The van der Waals surface area contributed by atoms with Crippen molar-refractivity contribution in [2.45, 2.75) is 18.9 Å². The lowest BCUT2D eigenvalue weighted by molar-refractivity contribution is 0.0933. The first kappa shape index (κ1) is 15.5. The second-order valence-electron chi connectivity index (χ2n) is 6.41. The highest BCUT2D eigenvalue weighted by Gasteiger charge is 2.23. The molecule has 1 amide bonds. The lowest BCUT2D eigenvalue weighted by Crippen LogP contribution is -2.48. The Hall–Kier alpha value is -3.03. The fourth-order valence-corrected chi connectivity index (χ4v) is 3.42. The van der Waals surface area contributed by atoms with Gasteiger partial charge in [-0.3, -0.25) is 9.48 Å². The molecule has 1 unspecified atom stereocenters. The van der Waals surface area contributed by atoms with Crippen LogP contribution in [-0.4, -0.2) is 44.8 Å². The number of nitrogens with zero attached hydrogens (tertiary/aromatic N) is 3. The van der Waals surface area contributed by atoms with E-state index in [0.717, 1.165) is 31.7 Å². The predicted octanol–water partition coefficient (Wildman–Crippen LogP) is 0.988. The van der Waals surface area contributed by atoms with Crippen molar-refractivity contribution in [3.8, 4) is 0 Å². The molecule has 8 heteroatoms. The summed E-state index contributed by atoms with van der Waals surface area (Å²) < 4.78 is 1.85. The number of aromatic amines is 2. The molecule has 0 radical (unpaired) electrons. The lowest BCUT2D eigenvalue weighted by Gasteiger charge is -2.34. The lowest BCUT2D eigenvalue weighted by atomic mass is 10.0. The second-order valence-corrected chi connectivity index (χ2v) is 6.41. The third kappa shape index (κ3) is 3.02. The summed E-state index contributed by atoms with van der Waals surface area (Å²) in [6, 6.07) is 7.23. The Balaban J connectivity index is 1.47. The highest BCUT2D eigenvalue weighted by molar-refractivity contribution is 5.97. The fraction of sp³-hybridized carbons (Fsp3) is 0.353. The Morgan fingerprint density at radius 3 is 2.92 bits per heavy atom. The largest absolute Gasteiger partial charge is 0.355 e. The Morgan fingerprint density at radius 2 is 2.12 bits per heavy atom. The van der Waals surface area contributed by atoms with Gasteiger partial charge in [0.2, 0.25) is 0 Å². The van der Waals surface area contributed by atoms with Gasteiger partial charge in [0.1, 0.15) is 5.82 Å².